The Morgan fingerprint density at radius 1 is 1.00 bits per heavy atom. The number of unbranched alkanes of at least 4 members (excludes halogenated alkanes) is 1. The number of hydrogen-bond acceptors (Lipinski definition) is 5. The van der Waals surface area contributed by atoms with Crippen molar-refractivity contribution in [3.8, 4) is 17.2 Å². The number of aromatic nitrogens is 2. The topological polar surface area (TPSA) is 74.6 Å². The van der Waals surface area contributed by atoms with Crippen molar-refractivity contribution in [1.29, 1.82) is 0 Å². The summed E-state index contributed by atoms with van der Waals surface area (Å²) in [7, 11) is 1.65. The number of amides is 1. The number of nitrogens with zero attached hydrogens (tertiary/aromatic N) is 2. The van der Waals surface area contributed by atoms with Crippen LogP contribution < -0.4 is 19.5 Å². The fraction of sp³-hybridized carbons (Fsp3) is 0.267. The lowest BCUT2D eigenvalue weighted by atomic mass is 10.1. The van der Waals surface area contributed by atoms with Gasteiger partial charge in [-0.3, -0.25) is 4.79 Å². The van der Waals surface area contributed by atoms with E-state index in [1.54, 1.807) is 7.11 Å². The highest BCUT2D eigenvalue weighted by atomic mass is 16.5. The number of hydrogen-bond donors (Lipinski definition) is 1. The predicted octanol–water partition coefficient (Wildman–Crippen LogP) is 5.33. The van der Waals surface area contributed by atoms with Gasteiger partial charge in [0, 0.05) is 6.54 Å². The van der Waals surface area contributed by atoms with Crippen LogP contribution in [0.5, 0.6) is 17.2 Å². The number of carbonyl (C=O) groups excluding carboxylic acids is 1. The maximum absolute atomic E-state index is 12.4. The van der Waals surface area contributed by atoms with E-state index < -0.39 is 0 Å². The van der Waals surface area contributed by atoms with Crippen molar-refractivity contribution < 1.29 is 19.0 Å². The highest BCUT2D eigenvalue weighted by Crippen LogP contribution is 2.28. The molecule has 4 aromatic rings. The normalized spacial score (nSPS) is 10.7. The van der Waals surface area contributed by atoms with E-state index in [0.717, 1.165) is 59.7 Å². The minimum Gasteiger partial charge on any atom is -0.493 e. The summed E-state index contributed by atoms with van der Waals surface area (Å²) in [5, 5.41) is 2.93. The first-order chi connectivity index (χ1) is 18.2. The standard InChI is InChI=1S/C30H33N3O4/c1-3-11-23-16-17-27(28(20-23)35-2)36-19-10-9-18-33-26-15-8-7-14-25(26)32-29(33)21-31-30(34)22-37-24-12-5-4-6-13-24/h3-8,12-17,20H,1,9-11,18-19,21-22H2,2H3,(H,31,34). The van der Waals surface area contributed by atoms with E-state index >= 15 is 0 Å². The molecule has 0 bridgehead atoms. The van der Waals surface area contributed by atoms with Crippen molar-refractivity contribution >= 4 is 16.9 Å². The lowest BCUT2D eigenvalue weighted by Gasteiger charge is -2.13. The van der Waals surface area contributed by atoms with Crippen molar-refractivity contribution in [3.05, 3.63) is 96.8 Å². The Hall–Kier alpha value is -4.26. The molecule has 0 saturated heterocycles. The number of methoxy groups -OCH3 is 1. The molecule has 7 heteroatoms. The predicted molar refractivity (Wildman–Crippen MR) is 145 cm³/mol. The first kappa shape index (κ1) is 25.8. The summed E-state index contributed by atoms with van der Waals surface area (Å²) in [5.41, 5.74) is 3.10. The zero-order valence-electron chi connectivity index (χ0n) is 21.2. The van der Waals surface area contributed by atoms with Gasteiger partial charge in [0.2, 0.25) is 0 Å². The van der Waals surface area contributed by atoms with Crippen LogP contribution in [0, 0.1) is 0 Å². The second kappa shape index (κ2) is 13.2. The van der Waals surface area contributed by atoms with Gasteiger partial charge in [0.25, 0.3) is 5.91 Å². The number of para-hydroxylation sites is 3. The van der Waals surface area contributed by atoms with Crippen molar-refractivity contribution in [3.63, 3.8) is 0 Å². The second-order valence-electron chi connectivity index (χ2n) is 8.58. The number of fused-ring (bicyclic) bond motifs is 1. The Bertz CT molecular complexity index is 1320. The van der Waals surface area contributed by atoms with Crippen LogP contribution in [0.25, 0.3) is 11.0 Å². The lowest BCUT2D eigenvalue weighted by Crippen LogP contribution is -2.29. The summed E-state index contributed by atoms with van der Waals surface area (Å²) in [6, 6.07) is 23.3. The third kappa shape index (κ3) is 7.13. The van der Waals surface area contributed by atoms with Gasteiger partial charge in [-0.2, -0.15) is 0 Å². The van der Waals surface area contributed by atoms with Gasteiger partial charge in [-0.1, -0.05) is 42.5 Å². The zero-order chi connectivity index (χ0) is 25.9. The number of imidazole rings is 1. The van der Waals surface area contributed by atoms with Crippen LogP contribution in [0.1, 0.15) is 24.2 Å². The minimum absolute atomic E-state index is 0.0421. The Kier molecular flexibility index (Phi) is 9.18. The lowest BCUT2D eigenvalue weighted by molar-refractivity contribution is -0.123. The second-order valence-corrected chi connectivity index (χ2v) is 8.58. The monoisotopic (exact) mass is 499 g/mol. The van der Waals surface area contributed by atoms with Crippen molar-refractivity contribution in [1.82, 2.24) is 14.9 Å². The molecule has 0 radical (unpaired) electrons. The molecule has 0 aliphatic heterocycles. The quantitative estimate of drug-likeness (QED) is 0.188. The molecule has 37 heavy (non-hydrogen) atoms. The molecule has 0 atom stereocenters. The molecule has 0 spiro atoms. The Labute approximate surface area is 217 Å². The molecular formula is C30H33N3O4. The summed E-state index contributed by atoms with van der Waals surface area (Å²) in [5.74, 6) is 2.76. The number of ether oxygens (including phenoxy) is 3. The zero-order valence-corrected chi connectivity index (χ0v) is 21.2. The summed E-state index contributed by atoms with van der Waals surface area (Å²) in [4.78, 5) is 17.1. The molecule has 4 rings (SSSR count). The van der Waals surface area contributed by atoms with Crippen LogP contribution in [0.2, 0.25) is 0 Å². The molecule has 1 aromatic heterocycles. The van der Waals surface area contributed by atoms with Crippen molar-refractivity contribution in [2.24, 2.45) is 0 Å². The molecule has 0 fully saturated rings. The number of rotatable bonds is 14. The van der Waals surface area contributed by atoms with E-state index in [9.17, 15) is 4.79 Å². The first-order valence-electron chi connectivity index (χ1n) is 12.5. The van der Waals surface area contributed by atoms with E-state index in [0.29, 0.717) is 18.9 Å². The highest BCUT2D eigenvalue weighted by molar-refractivity contribution is 5.78. The molecule has 3 aromatic carbocycles. The molecular weight excluding hydrogens is 466 g/mol. The van der Waals surface area contributed by atoms with Crippen LogP contribution in [-0.4, -0.2) is 35.8 Å². The third-order valence-corrected chi connectivity index (χ3v) is 5.93. The smallest absolute Gasteiger partial charge is 0.258 e. The fourth-order valence-electron chi connectivity index (χ4n) is 4.08. The molecule has 0 aliphatic rings. The van der Waals surface area contributed by atoms with Gasteiger partial charge >= 0.3 is 0 Å². The number of nitrogens with one attached hydrogen (secondary N) is 1. The summed E-state index contributed by atoms with van der Waals surface area (Å²) < 4.78 is 19.2. The minimum atomic E-state index is -0.191. The fourth-order valence-corrected chi connectivity index (χ4v) is 4.08. The molecule has 1 N–H and O–H groups in total. The van der Waals surface area contributed by atoms with E-state index in [1.165, 1.54) is 0 Å². The number of carbonyl (C=O) groups is 1. The van der Waals surface area contributed by atoms with Crippen LogP contribution in [0.3, 0.4) is 0 Å². The van der Waals surface area contributed by atoms with Crippen LogP contribution in [0.4, 0.5) is 0 Å². The third-order valence-electron chi connectivity index (χ3n) is 5.93. The van der Waals surface area contributed by atoms with E-state index in [2.05, 4.69) is 22.5 Å². The maximum Gasteiger partial charge on any atom is 0.258 e. The van der Waals surface area contributed by atoms with Crippen LogP contribution >= 0.6 is 0 Å². The Balaban J connectivity index is 1.30. The molecule has 7 nitrogen and oxygen atoms in total. The van der Waals surface area contributed by atoms with E-state index in [-0.39, 0.29) is 12.5 Å². The average Bonchev–Trinajstić information content (AvgIpc) is 3.29. The van der Waals surface area contributed by atoms with Gasteiger partial charge in [-0.15, -0.1) is 6.58 Å². The van der Waals surface area contributed by atoms with Gasteiger partial charge < -0.3 is 24.1 Å². The summed E-state index contributed by atoms with van der Waals surface area (Å²) >= 11 is 0. The van der Waals surface area contributed by atoms with Gasteiger partial charge in [-0.25, -0.2) is 4.98 Å². The van der Waals surface area contributed by atoms with Gasteiger partial charge in [0.15, 0.2) is 18.1 Å². The maximum atomic E-state index is 12.4. The van der Waals surface area contributed by atoms with Crippen LogP contribution in [0.15, 0.2) is 85.5 Å². The average molecular weight is 500 g/mol. The van der Waals surface area contributed by atoms with E-state index in [1.807, 2.05) is 72.8 Å². The van der Waals surface area contributed by atoms with Gasteiger partial charge in [-0.05, 0) is 61.2 Å². The first-order valence-corrected chi connectivity index (χ1v) is 12.5. The number of benzene rings is 3. The Morgan fingerprint density at radius 3 is 2.62 bits per heavy atom. The van der Waals surface area contributed by atoms with Gasteiger partial charge in [0.05, 0.1) is 31.3 Å². The highest BCUT2D eigenvalue weighted by Gasteiger charge is 2.12. The summed E-state index contributed by atoms with van der Waals surface area (Å²) in [6.07, 6.45) is 4.42. The van der Waals surface area contributed by atoms with E-state index in [4.69, 9.17) is 19.2 Å². The number of allylic oxidation sites excluding steroid dienone is 1. The molecule has 0 aliphatic carbocycles. The SMILES string of the molecule is C=CCc1ccc(OCCCCn2c(CNC(=O)COc3ccccc3)nc3ccccc32)c(OC)c1. The molecule has 0 unspecified atom stereocenters. The molecule has 1 heterocycles. The molecule has 1 amide bonds. The number of aryl methyl sites for hydroxylation is 1. The van der Waals surface area contributed by atoms with Crippen molar-refractivity contribution in [2.75, 3.05) is 20.3 Å². The Morgan fingerprint density at radius 2 is 1.81 bits per heavy atom. The van der Waals surface area contributed by atoms with Crippen molar-refractivity contribution in [2.45, 2.75) is 32.4 Å². The largest absolute Gasteiger partial charge is 0.493 e. The van der Waals surface area contributed by atoms with Crippen LogP contribution in [-0.2, 0) is 24.3 Å². The molecule has 0 saturated carbocycles. The molecule has 192 valence electrons. The van der Waals surface area contributed by atoms with Gasteiger partial charge in [0.1, 0.15) is 11.6 Å². The summed E-state index contributed by atoms with van der Waals surface area (Å²) in [6.45, 7) is 5.42.